The van der Waals surface area contributed by atoms with Crippen molar-refractivity contribution in [3.05, 3.63) is 35.6 Å². The number of nitrogens with zero attached hydrogens (tertiary/aromatic N) is 4. The standard InChI is InChI=1S/C18H20FN5O2S/c19-13-5-1-4-12(10-13)11-20-16(26)14-6-2-8-23(14)17-21-22-18(27-17)24-9-3-7-15(24)25/h1,4-5,10,14H,2-3,6-9,11H2,(H,20,26)/t14-/m0/s1. The molecule has 0 bridgehead atoms. The average Bonchev–Trinajstić information content (AvgIpc) is 3.39. The van der Waals surface area contributed by atoms with Crippen molar-refractivity contribution in [1.82, 2.24) is 15.5 Å². The summed E-state index contributed by atoms with van der Waals surface area (Å²) in [6.45, 7) is 1.68. The first-order chi connectivity index (χ1) is 13.1. The average molecular weight is 389 g/mol. The molecule has 0 radical (unpaired) electrons. The lowest BCUT2D eigenvalue weighted by molar-refractivity contribution is -0.122. The molecule has 27 heavy (non-hydrogen) atoms. The highest BCUT2D eigenvalue weighted by molar-refractivity contribution is 7.19. The van der Waals surface area contributed by atoms with Crippen LogP contribution in [0.2, 0.25) is 0 Å². The van der Waals surface area contributed by atoms with E-state index in [4.69, 9.17) is 0 Å². The maximum atomic E-state index is 13.3. The third-order valence-electron chi connectivity index (χ3n) is 4.86. The van der Waals surface area contributed by atoms with Gasteiger partial charge in [0.25, 0.3) is 0 Å². The van der Waals surface area contributed by atoms with Crippen LogP contribution in [0, 0.1) is 5.82 Å². The molecule has 1 N–H and O–H groups in total. The van der Waals surface area contributed by atoms with Crippen LogP contribution in [0.4, 0.5) is 14.7 Å². The Morgan fingerprint density at radius 3 is 2.89 bits per heavy atom. The molecule has 0 spiro atoms. The Labute approximate surface area is 160 Å². The summed E-state index contributed by atoms with van der Waals surface area (Å²) in [5.41, 5.74) is 0.721. The lowest BCUT2D eigenvalue weighted by Gasteiger charge is -2.22. The minimum absolute atomic E-state index is 0.0727. The number of amides is 2. The fourth-order valence-electron chi connectivity index (χ4n) is 3.51. The molecular weight excluding hydrogens is 369 g/mol. The molecule has 1 atom stereocenters. The summed E-state index contributed by atoms with van der Waals surface area (Å²) in [6.07, 6.45) is 2.99. The van der Waals surface area contributed by atoms with Crippen LogP contribution >= 0.6 is 11.3 Å². The number of rotatable bonds is 5. The highest BCUT2D eigenvalue weighted by Gasteiger charge is 2.34. The molecule has 2 aliphatic rings. The van der Waals surface area contributed by atoms with Crippen LogP contribution in [0.3, 0.4) is 0 Å². The third-order valence-corrected chi connectivity index (χ3v) is 5.85. The molecule has 0 saturated carbocycles. The second-order valence-electron chi connectivity index (χ2n) is 6.72. The minimum Gasteiger partial charge on any atom is -0.350 e. The summed E-state index contributed by atoms with van der Waals surface area (Å²) in [5, 5.41) is 12.5. The van der Waals surface area contributed by atoms with Gasteiger partial charge in [0, 0.05) is 26.1 Å². The van der Waals surface area contributed by atoms with Crippen LogP contribution in [-0.4, -0.2) is 41.1 Å². The molecule has 7 nitrogen and oxygen atoms in total. The lowest BCUT2D eigenvalue weighted by Crippen LogP contribution is -2.43. The molecule has 2 amide bonds. The Bertz CT molecular complexity index is 858. The third kappa shape index (κ3) is 3.78. The van der Waals surface area contributed by atoms with Crippen molar-refractivity contribution in [3.63, 3.8) is 0 Å². The topological polar surface area (TPSA) is 78.4 Å². The molecule has 0 aliphatic carbocycles. The molecule has 4 rings (SSSR count). The first kappa shape index (κ1) is 17.8. The van der Waals surface area contributed by atoms with Gasteiger partial charge < -0.3 is 10.2 Å². The fraction of sp³-hybridized carbons (Fsp3) is 0.444. The first-order valence-electron chi connectivity index (χ1n) is 9.04. The van der Waals surface area contributed by atoms with Crippen LogP contribution in [0.1, 0.15) is 31.2 Å². The van der Waals surface area contributed by atoms with E-state index in [-0.39, 0.29) is 30.2 Å². The summed E-state index contributed by atoms with van der Waals surface area (Å²) in [7, 11) is 0. The Balaban J connectivity index is 1.42. The van der Waals surface area contributed by atoms with E-state index in [1.807, 2.05) is 4.90 Å². The number of anilines is 2. The van der Waals surface area contributed by atoms with Crippen LogP contribution in [-0.2, 0) is 16.1 Å². The van der Waals surface area contributed by atoms with Crippen molar-refractivity contribution in [2.24, 2.45) is 0 Å². The van der Waals surface area contributed by atoms with Gasteiger partial charge >= 0.3 is 0 Å². The van der Waals surface area contributed by atoms with Gasteiger partial charge in [-0.05, 0) is 37.0 Å². The number of aromatic nitrogens is 2. The van der Waals surface area contributed by atoms with Crippen molar-refractivity contribution in [2.45, 2.75) is 38.3 Å². The maximum Gasteiger partial charge on any atom is 0.243 e. The quantitative estimate of drug-likeness (QED) is 0.847. The highest BCUT2D eigenvalue weighted by atomic mass is 32.1. The van der Waals surface area contributed by atoms with Crippen molar-refractivity contribution < 1.29 is 14.0 Å². The first-order valence-corrected chi connectivity index (χ1v) is 9.86. The number of hydrogen-bond acceptors (Lipinski definition) is 6. The van der Waals surface area contributed by atoms with Gasteiger partial charge in [-0.15, -0.1) is 10.2 Å². The summed E-state index contributed by atoms with van der Waals surface area (Å²) in [6, 6.07) is 5.87. The number of carbonyl (C=O) groups excluding carboxylic acids is 2. The molecule has 2 aliphatic heterocycles. The molecule has 3 heterocycles. The second-order valence-corrected chi connectivity index (χ2v) is 7.65. The molecule has 1 aromatic heterocycles. The van der Waals surface area contributed by atoms with Crippen LogP contribution < -0.4 is 15.1 Å². The van der Waals surface area contributed by atoms with Crippen LogP contribution in [0.15, 0.2) is 24.3 Å². The zero-order valence-electron chi connectivity index (χ0n) is 14.7. The summed E-state index contributed by atoms with van der Waals surface area (Å²) in [5.74, 6) is -0.351. The van der Waals surface area contributed by atoms with E-state index in [0.29, 0.717) is 23.2 Å². The van der Waals surface area contributed by atoms with Crippen molar-refractivity contribution in [2.75, 3.05) is 22.9 Å². The predicted octanol–water partition coefficient (Wildman–Crippen LogP) is 2.09. The van der Waals surface area contributed by atoms with Crippen LogP contribution in [0.25, 0.3) is 0 Å². The van der Waals surface area contributed by atoms with Gasteiger partial charge in [0.05, 0.1) is 0 Å². The smallest absolute Gasteiger partial charge is 0.243 e. The van der Waals surface area contributed by atoms with E-state index >= 15 is 0 Å². The molecule has 1 aromatic carbocycles. The minimum atomic E-state index is -0.325. The van der Waals surface area contributed by atoms with Gasteiger partial charge in [0.1, 0.15) is 11.9 Å². The SMILES string of the molecule is O=C(NCc1cccc(F)c1)[C@@H]1CCCN1c1nnc(N2CCCC2=O)s1. The number of benzene rings is 1. The number of hydrogen-bond donors (Lipinski definition) is 1. The number of halogens is 1. The summed E-state index contributed by atoms with van der Waals surface area (Å²) < 4.78 is 13.3. The van der Waals surface area contributed by atoms with E-state index in [9.17, 15) is 14.0 Å². The monoisotopic (exact) mass is 389 g/mol. The number of nitrogens with one attached hydrogen (secondary N) is 1. The Kier molecular flexibility index (Phi) is 5.02. The van der Waals surface area contributed by atoms with Crippen molar-refractivity contribution in [1.29, 1.82) is 0 Å². The zero-order chi connectivity index (χ0) is 18.8. The predicted molar refractivity (Wildman–Crippen MR) is 100 cm³/mol. The molecule has 142 valence electrons. The molecule has 0 unspecified atom stereocenters. The Morgan fingerprint density at radius 2 is 2.11 bits per heavy atom. The maximum absolute atomic E-state index is 13.3. The fourth-order valence-corrected chi connectivity index (χ4v) is 4.47. The highest BCUT2D eigenvalue weighted by Crippen LogP contribution is 2.33. The summed E-state index contributed by atoms with van der Waals surface area (Å²) in [4.78, 5) is 28.1. The van der Waals surface area contributed by atoms with Crippen molar-refractivity contribution in [3.8, 4) is 0 Å². The van der Waals surface area contributed by atoms with E-state index in [1.165, 1.54) is 23.5 Å². The van der Waals surface area contributed by atoms with E-state index in [2.05, 4.69) is 15.5 Å². The van der Waals surface area contributed by atoms with Gasteiger partial charge in [0.15, 0.2) is 0 Å². The van der Waals surface area contributed by atoms with Gasteiger partial charge in [-0.1, -0.05) is 23.5 Å². The zero-order valence-corrected chi connectivity index (χ0v) is 15.5. The molecule has 2 saturated heterocycles. The van der Waals surface area contributed by atoms with Gasteiger partial charge in [0.2, 0.25) is 22.1 Å². The normalized spacial score (nSPS) is 19.7. The second kappa shape index (κ2) is 7.59. The Hall–Kier alpha value is -2.55. The van der Waals surface area contributed by atoms with Crippen molar-refractivity contribution >= 4 is 33.4 Å². The number of carbonyl (C=O) groups is 2. The van der Waals surface area contributed by atoms with E-state index < -0.39 is 0 Å². The molecule has 9 heteroatoms. The van der Waals surface area contributed by atoms with Crippen LogP contribution in [0.5, 0.6) is 0 Å². The molecular formula is C18H20FN5O2S. The van der Waals surface area contributed by atoms with Gasteiger partial charge in [-0.2, -0.15) is 0 Å². The molecule has 2 fully saturated rings. The Morgan fingerprint density at radius 1 is 1.26 bits per heavy atom. The van der Waals surface area contributed by atoms with E-state index in [1.54, 1.807) is 17.0 Å². The summed E-state index contributed by atoms with van der Waals surface area (Å²) >= 11 is 1.35. The molecule has 2 aromatic rings. The lowest BCUT2D eigenvalue weighted by atomic mass is 10.2. The van der Waals surface area contributed by atoms with Gasteiger partial charge in [-0.25, -0.2) is 4.39 Å². The van der Waals surface area contributed by atoms with Gasteiger partial charge in [-0.3, -0.25) is 14.5 Å². The van der Waals surface area contributed by atoms with E-state index in [0.717, 1.165) is 31.4 Å². The largest absolute Gasteiger partial charge is 0.350 e.